The molecule has 0 fully saturated rings. The molecular weight excluding hydrogens is 368 g/mol. The fourth-order valence-electron chi connectivity index (χ4n) is 1.44. The van der Waals surface area contributed by atoms with E-state index in [-0.39, 0.29) is 0 Å². The number of carbonyl (C=O) groups is 1. The summed E-state index contributed by atoms with van der Waals surface area (Å²) in [5, 5.41) is 0. The summed E-state index contributed by atoms with van der Waals surface area (Å²) in [5.74, 6) is 0.768. The lowest BCUT2D eigenvalue weighted by Crippen LogP contribution is -1.86. The highest BCUT2D eigenvalue weighted by molar-refractivity contribution is 9.11. The van der Waals surface area contributed by atoms with Crippen LogP contribution in [-0.4, -0.2) is 13.4 Å². The van der Waals surface area contributed by atoms with Gasteiger partial charge in [0.2, 0.25) is 0 Å². The van der Waals surface area contributed by atoms with Gasteiger partial charge in [0.1, 0.15) is 5.75 Å². The lowest BCUT2D eigenvalue weighted by Gasteiger charge is -2.08. The van der Waals surface area contributed by atoms with E-state index in [1.807, 2.05) is 24.3 Å². The molecule has 2 aromatic rings. The molecular formula is C12H8Br2O2S. The van der Waals surface area contributed by atoms with Crippen molar-refractivity contribution in [2.45, 2.75) is 0 Å². The average Bonchev–Trinajstić information content (AvgIpc) is 2.78. The molecule has 0 bridgehead atoms. The van der Waals surface area contributed by atoms with Crippen molar-refractivity contribution in [3.8, 4) is 16.2 Å². The quantitative estimate of drug-likeness (QED) is 0.723. The maximum absolute atomic E-state index is 10.7. The number of hydrogen-bond donors (Lipinski definition) is 0. The van der Waals surface area contributed by atoms with Gasteiger partial charge in [0, 0.05) is 14.9 Å². The van der Waals surface area contributed by atoms with Gasteiger partial charge in [-0.25, -0.2) is 0 Å². The number of benzene rings is 1. The highest BCUT2D eigenvalue weighted by Gasteiger charge is 2.11. The molecule has 5 heteroatoms. The van der Waals surface area contributed by atoms with Crippen LogP contribution in [0.4, 0.5) is 0 Å². The molecule has 0 amide bonds. The maximum Gasteiger partial charge on any atom is 0.160 e. The lowest BCUT2D eigenvalue weighted by molar-refractivity contribution is 0.112. The summed E-state index contributed by atoms with van der Waals surface area (Å²) in [7, 11) is 1.63. The van der Waals surface area contributed by atoms with Crippen LogP contribution in [0.1, 0.15) is 9.67 Å². The van der Waals surface area contributed by atoms with Crippen molar-refractivity contribution in [2.75, 3.05) is 7.11 Å². The van der Waals surface area contributed by atoms with Crippen LogP contribution < -0.4 is 4.74 Å². The van der Waals surface area contributed by atoms with Crippen LogP contribution in [0.25, 0.3) is 10.4 Å². The third-order valence-electron chi connectivity index (χ3n) is 2.25. The molecule has 17 heavy (non-hydrogen) atoms. The number of carbonyl (C=O) groups excluding carboxylic acids is 1. The van der Waals surface area contributed by atoms with E-state index in [2.05, 4.69) is 31.9 Å². The molecule has 2 nitrogen and oxygen atoms in total. The highest BCUT2D eigenvalue weighted by atomic mass is 79.9. The Labute approximate surface area is 120 Å². The standard InChI is InChI=1S/C12H8Br2O2S/c1-16-11-4-8(9(13)5-10(11)14)12-3-2-7(6-15)17-12/h2-6H,1H3. The second kappa shape index (κ2) is 5.33. The summed E-state index contributed by atoms with van der Waals surface area (Å²) in [5.41, 5.74) is 1.02. The summed E-state index contributed by atoms with van der Waals surface area (Å²) in [6.45, 7) is 0. The molecule has 0 atom stereocenters. The largest absolute Gasteiger partial charge is 0.496 e. The highest BCUT2D eigenvalue weighted by Crippen LogP contribution is 2.39. The van der Waals surface area contributed by atoms with Crippen LogP contribution in [0.3, 0.4) is 0 Å². The van der Waals surface area contributed by atoms with Crippen molar-refractivity contribution in [3.05, 3.63) is 38.1 Å². The van der Waals surface area contributed by atoms with Crippen molar-refractivity contribution >= 4 is 49.5 Å². The number of methoxy groups -OCH3 is 1. The minimum Gasteiger partial charge on any atom is -0.496 e. The minimum absolute atomic E-state index is 0.716. The Morgan fingerprint density at radius 2 is 2.00 bits per heavy atom. The summed E-state index contributed by atoms with van der Waals surface area (Å²) < 4.78 is 7.12. The van der Waals surface area contributed by atoms with Crippen LogP contribution in [0.15, 0.2) is 33.2 Å². The molecule has 2 rings (SSSR count). The van der Waals surface area contributed by atoms with Crippen LogP contribution >= 0.6 is 43.2 Å². The van der Waals surface area contributed by atoms with Gasteiger partial charge in [-0.05, 0) is 40.2 Å². The van der Waals surface area contributed by atoms with E-state index in [1.54, 1.807) is 7.11 Å². The second-order valence-corrected chi connectivity index (χ2v) is 6.11. The van der Waals surface area contributed by atoms with Crippen LogP contribution in [0, 0.1) is 0 Å². The molecule has 0 aliphatic heterocycles. The Bertz CT molecular complexity index is 564. The zero-order valence-corrected chi connectivity index (χ0v) is 12.9. The predicted octanol–water partition coefficient (Wildman–Crippen LogP) is 4.76. The third kappa shape index (κ3) is 2.61. The molecule has 0 saturated carbocycles. The maximum atomic E-state index is 10.7. The van der Waals surface area contributed by atoms with Gasteiger partial charge in [-0.3, -0.25) is 4.79 Å². The van der Waals surface area contributed by atoms with Gasteiger partial charge in [-0.15, -0.1) is 11.3 Å². The zero-order valence-electron chi connectivity index (χ0n) is 8.87. The number of aldehydes is 1. The van der Waals surface area contributed by atoms with Crippen molar-refractivity contribution < 1.29 is 9.53 Å². The molecule has 0 aliphatic rings. The molecule has 1 aromatic carbocycles. The molecule has 0 N–H and O–H groups in total. The van der Waals surface area contributed by atoms with Gasteiger partial charge in [0.05, 0.1) is 16.5 Å². The van der Waals surface area contributed by atoms with Gasteiger partial charge in [0.15, 0.2) is 6.29 Å². The van der Waals surface area contributed by atoms with E-state index >= 15 is 0 Å². The zero-order chi connectivity index (χ0) is 12.4. The van der Waals surface area contributed by atoms with E-state index in [1.165, 1.54) is 11.3 Å². The van der Waals surface area contributed by atoms with Crippen LogP contribution in [0.2, 0.25) is 0 Å². The van der Waals surface area contributed by atoms with Crippen molar-refractivity contribution in [3.63, 3.8) is 0 Å². The molecule has 0 saturated heterocycles. The van der Waals surface area contributed by atoms with Crippen molar-refractivity contribution in [1.29, 1.82) is 0 Å². The first-order valence-corrected chi connectivity index (χ1v) is 7.14. The Balaban J connectivity index is 2.54. The van der Waals surface area contributed by atoms with Gasteiger partial charge in [-0.1, -0.05) is 15.9 Å². The summed E-state index contributed by atoms with van der Waals surface area (Å²) in [4.78, 5) is 12.4. The molecule has 0 radical (unpaired) electrons. The Hall–Kier alpha value is -0.650. The lowest BCUT2D eigenvalue weighted by atomic mass is 10.2. The SMILES string of the molecule is COc1cc(-c2ccc(C=O)s2)c(Br)cc1Br. The first kappa shape index (κ1) is 12.8. The first-order valence-electron chi connectivity index (χ1n) is 4.74. The smallest absolute Gasteiger partial charge is 0.160 e. The monoisotopic (exact) mass is 374 g/mol. The average molecular weight is 376 g/mol. The molecule has 0 spiro atoms. The Kier molecular flexibility index (Phi) is 4.01. The molecule has 0 unspecified atom stereocenters. The van der Waals surface area contributed by atoms with E-state index in [0.717, 1.165) is 31.4 Å². The topological polar surface area (TPSA) is 26.3 Å². The van der Waals surface area contributed by atoms with Crippen LogP contribution in [-0.2, 0) is 0 Å². The Morgan fingerprint density at radius 3 is 2.59 bits per heavy atom. The number of rotatable bonds is 3. The van der Waals surface area contributed by atoms with Gasteiger partial charge in [0.25, 0.3) is 0 Å². The first-order chi connectivity index (χ1) is 8.15. The van der Waals surface area contributed by atoms with Crippen molar-refractivity contribution in [2.24, 2.45) is 0 Å². The van der Waals surface area contributed by atoms with E-state index in [9.17, 15) is 4.79 Å². The normalized spacial score (nSPS) is 10.3. The van der Waals surface area contributed by atoms with E-state index in [0.29, 0.717) is 4.88 Å². The third-order valence-corrected chi connectivity index (χ3v) is 4.57. The summed E-state index contributed by atoms with van der Waals surface area (Å²) in [6.07, 6.45) is 0.859. The molecule has 88 valence electrons. The number of ether oxygens (including phenoxy) is 1. The predicted molar refractivity (Wildman–Crippen MR) is 77.1 cm³/mol. The van der Waals surface area contributed by atoms with Gasteiger partial charge in [-0.2, -0.15) is 0 Å². The molecule has 1 heterocycles. The van der Waals surface area contributed by atoms with E-state index in [4.69, 9.17) is 4.74 Å². The number of thiophene rings is 1. The Morgan fingerprint density at radius 1 is 1.24 bits per heavy atom. The molecule has 0 aliphatic carbocycles. The van der Waals surface area contributed by atoms with E-state index < -0.39 is 0 Å². The fraction of sp³-hybridized carbons (Fsp3) is 0.0833. The second-order valence-electron chi connectivity index (χ2n) is 3.29. The van der Waals surface area contributed by atoms with Gasteiger partial charge < -0.3 is 4.74 Å². The number of hydrogen-bond acceptors (Lipinski definition) is 3. The van der Waals surface area contributed by atoms with Gasteiger partial charge >= 0.3 is 0 Å². The summed E-state index contributed by atoms with van der Waals surface area (Å²) in [6, 6.07) is 7.62. The summed E-state index contributed by atoms with van der Waals surface area (Å²) >= 11 is 8.39. The number of halogens is 2. The van der Waals surface area contributed by atoms with Crippen molar-refractivity contribution in [1.82, 2.24) is 0 Å². The molecule has 1 aromatic heterocycles. The van der Waals surface area contributed by atoms with Crippen LogP contribution in [0.5, 0.6) is 5.75 Å². The minimum atomic E-state index is 0.716. The fourth-order valence-corrected chi connectivity index (χ4v) is 3.79.